The molecule has 94 valence electrons. The first-order valence-corrected chi connectivity index (χ1v) is 7.77. The van der Waals surface area contributed by atoms with Crippen molar-refractivity contribution >= 4 is 49.1 Å². The molecule has 0 aliphatic carbocycles. The Bertz CT molecular complexity index is 406. The molecule has 1 fully saturated rings. The van der Waals surface area contributed by atoms with Gasteiger partial charge in [-0.3, -0.25) is 4.79 Å². The largest absolute Gasteiger partial charge is 0.372 e. The molecule has 0 unspecified atom stereocenters. The van der Waals surface area contributed by atoms with Crippen molar-refractivity contribution < 1.29 is 9.53 Å². The first-order valence-electron chi connectivity index (χ1n) is 5.37. The van der Waals surface area contributed by atoms with E-state index in [1.54, 1.807) is 0 Å². The van der Waals surface area contributed by atoms with Crippen molar-refractivity contribution in [1.82, 2.24) is 4.90 Å². The van der Waals surface area contributed by atoms with Crippen molar-refractivity contribution in [3.05, 3.63) is 19.2 Å². The lowest BCUT2D eigenvalue weighted by molar-refractivity contribution is -0.0585. The average molecular weight is 383 g/mol. The van der Waals surface area contributed by atoms with Crippen LogP contribution in [0.5, 0.6) is 0 Å². The van der Waals surface area contributed by atoms with Crippen LogP contribution in [0.4, 0.5) is 0 Å². The van der Waals surface area contributed by atoms with Crippen LogP contribution in [-0.4, -0.2) is 36.1 Å². The zero-order chi connectivity index (χ0) is 12.6. The van der Waals surface area contributed by atoms with Gasteiger partial charge in [0.1, 0.15) is 0 Å². The molecule has 1 saturated heterocycles. The van der Waals surface area contributed by atoms with E-state index >= 15 is 0 Å². The van der Waals surface area contributed by atoms with Crippen molar-refractivity contribution in [3.8, 4) is 0 Å². The van der Waals surface area contributed by atoms with Crippen LogP contribution in [0.15, 0.2) is 14.3 Å². The molecule has 0 bridgehead atoms. The molecule has 0 N–H and O–H groups in total. The summed E-state index contributed by atoms with van der Waals surface area (Å²) in [5.74, 6) is 0.0865. The molecule has 1 aromatic heterocycles. The summed E-state index contributed by atoms with van der Waals surface area (Å²) in [6.07, 6.45) is 0.212. The Hall–Kier alpha value is 0.0900. The molecule has 3 nitrogen and oxygen atoms in total. The number of nitrogens with zero attached hydrogens (tertiary/aromatic N) is 1. The Kier molecular flexibility index (Phi) is 4.28. The van der Waals surface area contributed by atoms with Crippen LogP contribution in [-0.2, 0) is 4.74 Å². The SMILES string of the molecule is C[C@H]1CN(C(=O)c2cc(Br)c(Br)s2)C[C@H](C)O1. The van der Waals surface area contributed by atoms with Crippen LogP contribution in [0, 0.1) is 0 Å². The predicted molar refractivity (Wildman–Crippen MR) is 75.6 cm³/mol. The topological polar surface area (TPSA) is 29.5 Å². The number of halogens is 2. The molecule has 6 heteroatoms. The second-order valence-electron chi connectivity index (χ2n) is 4.20. The smallest absolute Gasteiger partial charge is 0.264 e. The average Bonchev–Trinajstić information content (AvgIpc) is 2.57. The number of thiophene rings is 1. The number of carbonyl (C=O) groups excluding carboxylic acids is 1. The number of amides is 1. The van der Waals surface area contributed by atoms with Crippen molar-refractivity contribution in [2.24, 2.45) is 0 Å². The van der Waals surface area contributed by atoms with Gasteiger partial charge in [0.2, 0.25) is 0 Å². The van der Waals surface area contributed by atoms with E-state index in [9.17, 15) is 4.79 Å². The number of hydrogen-bond acceptors (Lipinski definition) is 3. The first-order chi connectivity index (χ1) is 7.97. The van der Waals surface area contributed by atoms with Crippen LogP contribution in [0.25, 0.3) is 0 Å². The number of morpholine rings is 1. The minimum atomic E-state index is 0.0865. The molecule has 0 spiro atoms. The Morgan fingerprint density at radius 3 is 2.47 bits per heavy atom. The molecule has 1 aliphatic rings. The highest BCUT2D eigenvalue weighted by atomic mass is 79.9. The zero-order valence-electron chi connectivity index (χ0n) is 9.57. The van der Waals surface area contributed by atoms with Crippen molar-refractivity contribution in [1.29, 1.82) is 0 Å². The Morgan fingerprint density at radius 1 is 1.41 bits per heavy atom. The second-order valence-corrected chi connectivity index (χ2v) is 7.42. The minimum absolute atomic E-state index is 0.0865. The number of carbonyl (C=O) groups is 1. The van der Waals surface area contributed by atoms with Gasteiger partial charge in [-0.1, -0.05) is 0 Å². The maximum Gasteiger partial charge on any atom is 0.264 e. The monoisotopic (exact) mass is 381 g/mol. The summed E-state index contributed by atoms with van der Waals surface area (Å²) in [6.45, 7) is 5.32. The summed E-state index contributed by atoms with van der Waals surface area (Å²) in [7, 11) is 0. The van der Waals surface area contributed by atoms with Gasteiger partial charge in [-0.25, -0.2) is 0 Å². The summed E-state index contributed by atoms with van der Waals surface area (Å²) in [5, 5.41) is 0. The van der Waals surface area contributed by atoms with E-state index < -0.39 is 0 Å². The van der Waals surface area contributed by atoms with Crippen LogP contribution in [0.1, 0.15) is 23.5 Å². The van der Waals surface area contributed by atoms with Crippen LogP contribution in [0.2, 0.25) is 0 Å². The molecule has 0 aromatic carbocycles. The van der Waals surface area contributed by atoms with E-state index in [0.29, 0.717) is 13.1 Å². The lowest BCUT2D eigenvalue weighted by Crippen LogP contribution is -2.48. The van der Waals surface area contributed by atoms with E-state index in [2.05, 4.69) is 31.9 Å². The second kappa shape index (κ2) is 5.38. The van der Waals surface area contributed by atoms with E-state index in [0.717, 1.165) is 13.1 Å². The maximum absolute atomic E-state index is 12.3. The van der Waals surface area contributed by atoms with Crippen LogP contribution < -0.4 is 0 Å². The minimum Gasteiger partial charge on any atom is -0.372 e. The van der Waals surface area contributed by atoms with Gasteiger partial charge in [-0.15, -0.1) is 11.3 Å². The van der Waals surface area contributed by atoms with Gasteiger partial charge in [0.05, 0.1) is 20.9 Å². The Morgan fingerprint density at radius 2 is 2.00 bits per heavy atom. The van der Waals surface area contributed by atoms with Gasteiger partial charge < -0.3 is 9.64 Å². The Labute approximate surface area is 121 Å². The van der Waals surface area contributed by atoms with Gasteiger partial charge in [-0.2, -0.15) is 0 Å². The van der Waals surface area contributed by atoms with Crippen molar-refractivity contribution in [2.45, 2.75) is 26.1 Å². The van der Waals surface area contributed by atoms with E-state index in [1.807, 2.05) is 24.8 Å². The summed E-state index contributed by atoms with van der Waals surface area (Å²) in [4.78, 5) is 14.9. The normalized spacial score (nSPS) is 25.1. The number of rotatable bonds is 1. The van der Waals surface area contributed by atoms with E-state index in [-0.39, 0.29) is 18.1 Å². The third-order valence-corrected chi connectivity index (χ3v) is 5.81. The molecule has 1 aliphatic heterocycles. The molecule has 17 heavy (non-hydrogen) atoms. The third kappa shape index (κ3) is 3.10. The summed E-state index contributed by atoms with van der Waals surface area (Å²) < 4.78 is 7.51. The molecule has 2 heterocycles. The van der Waals surface area contributed by atoms with Gasteiger partial charge in [-0.05, 0) is 51.8 Å². The van der Waals surface area contributed by atoms with Crippen molar-refractivity contribution in [2.75, 3.05) is 13.1 Å². The lowest BCUT2D eigenvalue weighted by atomic mass is 10.2. The number of ether oxygens (including phenoxy) is 1. The highest BCUT2D eigenvalue weighted by molar-refractivity contribution is 9.13. The van der Waals surface area contributed by atoms with Crippen molar-refractivity contribution in [3.63, 3.8) is 0 Å². The summed E-state index contributed by atoms with van der Waals surface area (Å²) in [6, 6.07) is 1.86. The van der Waals surface area contributed by atoms with Gasteiger partial charge in [0, 0.05) is 17.6 Å². The zero-order valence-corrected chi connectivity index (χ0v) is 13.6. The van der Waals surface area contributed by atoms with E-state index in [4.69, 9.17) is 4.74 Å². The fourth-order valence-corrected chi connectivity index (χ4v) is 3.96. The molecule has 1 aromatic rings. The fourth-order valence-electron chi connectivity index (χ4n) is 1.95. The quantitative estimate of drug-likeness (QED) is 0.743. The Balaban J connectivity index is 2.14. The molecule has 2 atom stereocenters. The van der Waals surface area contributed by atoms with Gasteiger partial charge in [0.15, 0.2) is 0 Å². The van der Waals surface area contributed by atoms with Gasteiger partial charge in [0.25, 0.3) is 5.91 Å². The van der Waals surface area contributed by atoms with Crippen LogP contribution >= 0.6 is 43.2 Å². The first kappa shape index (κ1) is 13.5. The number of hydrogen-bond donors (Lipinski definition) is 0. The predicted octanol–water partition coefficient (Wildman–Crippen LogP) is 3.52. The lowest BCUT2D eigenvalue weighted by Gasteiger charge is -2.35. The summed E-state index contributed by atoms with van der Waals surface area (Å²) >= 11 is 8.26. The van der Waals surface area contributed by atoms with Gasteiger partial charge >= 0.3 is 0 Å². The van der Waals surface area contributed by atoms with Crippen LogP contribution in [0.3, 0.4) is 0 Å². The van der Waals surface area contributed by atoms with E-state index in [1.165, 1.54) is 11.3 Å². The third-order valence-electron chi connectivity index (χ3n) is 2.56. The molecule has 0 saturated carbocycles. The maximum atomic E-state index is 12.3. The standard InChI is InChI=1S/C11H13Br2NO2S/c1-6-4-14(5-7(2)16-6)11(15)9-3-8(12)10(13)17-9/h3,6-7H,4-5H2,1-2H3/t6-,7-/m0/s1. The highest BCUT2D eigenvalue weighted by Gasteiger charge is 2.27. The molecular weight excluding hydrogens is 370 g/mol. The summed E-state index contributed by atoms with van der Waals surface area (Å²) in [5.41, 5.74) is 0. The molecule has 2 rings (SSSR count). The molecular formula is C11H13Br2NO2S. The molecule has 1 amide bonds. The molecule has 0 radical (unpaired) electrons. The fraction of sp³-hybridized carbons (Fsp3) is 0.545. The highest BCUT2D eigenvalue weighted by Crippen LogP contribution is 2.33.